The molecule has 5 nitrogen and oxygen atoms in total. The first kappa shape index (κ1) is 19.5. The van der Waals surface area contributed by atoms with E-state index in [0.717, 1.165) is 68.3 Å². The molecule has 6 heteroatoms. The lowest BCUT2D eigenvalue weighted by atomic mass is 9.79. The molecule has 0 bridgehead atoms. The predicted molar refractivity (Wildman–Crippen MR) is 112 cm³/mol. The van der Waals surface area contributed by atoms with Crippen LogP contribution in [-0.4, -0.2) is 57.4 Å². The summed E-state index contributed by atoms with van der Waals surface area (Å²) in [6, 6.07) is 6.46. The van der Waals surface area contributed by atoms with Gasteiger partial charge in [-0.1, -0.05) is 0 Å². The number of anilines is 1. The molecule has 158 valence electrons. The van der Waals surface area contributed by atoms with E-state index in [4.69, 9.17) is 4.74 Å². The second-order valence-electron chi connectivity index (χ2n) is 9.53. The van der Waals surface area contributed by atoms with Crippen molar-refractivity contribution in [3.63, 3.8) is 0 Å². The van der Waals surface area contributed by atoms with Gasteiger partial charge in [0.2, 0.25) is 5.91 Å². The molecule has 3 atom stereocenters. The number of nitrogens with one attached hydrogen (secondary N) is 1. The molecule has 4 aliphatic heterocycles. The van der Waals surface area contributed by atoms with E-state index in [1.165, 1.54) is 0 Å². The quantitative estimate of drug-likeness (QED) is 0.790. The van der Waals surface area contributed by atoms with Crippen LogP contribution in [0.15, 0.2) is 18.2 Å². The van der Waals surface area contributed by atoms with Gasteiger partial charge < -0.3 is 15.0 Å². The van der Waals surface area contributed by atoms with E-state index in [1.807, 2.05) is 17.0 Å². The van der Waals surface area contributed by atoms with Gasteiger partial charge in [-0.05, 0) is 32.3 Å². The number of hydrogen-bond donors (Lipinski definition) is 1. The minimum absolute atomic E-state index is 0.149. The molecule has 1 N–H and O–H groups in total. The van der Waals surface area contributed by atoms with Gasteiger partial charge in [0, 0.05) is 69.9 Å². The molecule has 29 heavy (non-hydrogen) atoms. The lowest BCUT2D eigenvalue weighted by Crippen LogP contribution is -2.60. The molecule has 0 aromatic heterocycles. The third-order valence-corrected chi connectivity index (χ3v) is 8.28. The topological polar surface area (TPSA) is 41.6 Å². The standard InChI is InChI=1S/C23H33FN3O2/c1-17-3-2-12-27(17,19-6-10-25-16-19)21-5-4-18(15-20(21)24)26-11-7-23(22(26)28)8-13-29-14-9-23/h4-5,15,17,19,25H,2-3,6-14,16H2,1H3/q+1/t17-,19-,27?/m0/s1. The molecule has 0 saturated carbocycles. The highest BCUT2D eigenvalue weighted by Gasteiger charge is 2.50. The summed E-state index contributed by atoms with van der Waals surface area (Å²) in [4.78, 5) is 15.0. The summed E-state index contributed by atoms with van der Waals surface area (Å²) in [5.41, 5.74) is 1.24. The number of quaternary nitrogens is 1. The summed E-state index contributed by atoms with van der Waals surface area (Å²) < 4.78 is 21.8. The van der Waals surface area contributed by atoms with E-state index in [2.05, 4.69) is 12.2 Å². The second kappa shape index (κ2) is 7.33. The molecule has 0 aliphatic carbocycles. The van der Waals surface area contributed by atoms with Gasteiger partial charge in [-0.2, -0.15) is 0 Å². The Labute approximate surface area is 172 Å². The van der Waals surface area contributed by atoms with Crippen LogP contribution in [0.1, 0.15) is 45.4 Å². The zero-order valence-electron chi connectivity index (χ0n) is 17.5. The Balaban J connectivity index is 1.45. The summed E-state index contributed by atoms with van der Waals surface area (Å²) in [5, 5.41) is 3.48. The van der Waals surface area contributed by atoms with Gasteiger partial charge in [0.05, 0.1) is 18.0 Å². The number of halogens is 1. The van der Waals surface area contributed by atoms with E-state index in [0.29, 0.717) is 37.5 Å². The first-order chi connectivity index (χ1) is 14.1. The number of hydrogen-bond acceptors (Lipinski definition) is 3. The summed E-state index contributed by atoms with van der Waals surface area (Å²) in [6.07, 6.45) is 5.81. The van der Waals surface area contributed by atoms with Gasteiger partial charge in [-0.3, -0.25) is 9.28 Å². The number of benzene rings is 1. The maximum Gasteiger partial charge on any atom is 0.233 e. The van der Waals surface area contributed by atoms with Crippen LogP contribution in [0.3, 0.4) is 0 Å². The third kappa shape index (κ3) is 2.94. The van der Waals surface area contributed by atoms with Crippen molar-refractivity contribution in [1.82, 2.24) is 9.80 Å². The van der Waals surface area contributed by atoms with Crippen LogP contribution in [0, 0.1) is 11.2 Å². The molecule has 1 unspecified atom stereocenters. The molecule has 1 spiro atoms. The largest absolute Gasteiger partial charge is 0.381 e. The Morgan fingerprint density at radius 1 is 1.24 bits per heavy atom. The number of ether oxygens (including phenoxy) is 1. The molecule has 4 saturated heterocycles. The summed E-state index contributed by atoms with van der Waals surface area (Å²) in [7, 11) is 0. The second-order valence-corrected chi connectivity index (χ2v) is 9.53. The number of carbonyl (C=O) groups is 1. The van der Waals surface area contributed by atoms with Crippen LogP contribution >= 0.6 is 0 Å². The predicted octanol–water partition coefficient (Wildman–Crippen LogP) is 3.21. The SMILES string of the molecule is C[C@H]1CCC[N+]1(c1ccc(N2CCC3(CCOCC3)C2=O)cc1F)[C@H]1CCNC1. The molecule has 1 amide bonds. The molecule has 4 fully saturated rings. The van der Waals surface area contributed by atoms with Crippen LogP contribution < -0.4 is 14.7 Å². The van der Waals surface area contributed by atoms with Crippen LogP contribution in [0.4, 0.5) is 15.8 Å². The minimum atomic E-state index is -0.292. The van der Waals surface area contributed by atoms with Gasteiger partial charge >= 0.3 is 0 Å². The first-order valence-electron chi connectivity index (χ1n) is 11.3. The number of rotatable bonds is 3. The van der Waals surface area contributed by atoms with Gasteiger partial charge in [0.25, 0.3) is 0 Å². The minimum Gasteiger partial charge on any atom is -0.381 e. The Kier molecular flexibility index (Phi) is 4.92. The first-order valence-corrected chi connectivity index (χ1v) is 11.3. The van der Waals surface area contributed by atoms with Crippen molar-refractivity contribution in [2.45, 2.75) is 57.5 Å². The van der Waals surface area contributed by atoms with Crippen molar-refractivity contribution in [3.8, 4) is 0 Å². The van der Waals surface area contributed by atoms with E-state index in [-0.39, 0.29) is 17.1 Å². The molecule has 1 aromatic carbocycles. The number of amides is 1. The Morgan fingerprint density at radius 3 is 2.72 bits per heavy atom. The van der Waals surface area contributed by atoms with E-state index < -0.39 is 0 Å². The number of nitrogens with zero attached hydrogens (tertiary/aromatic N) is 2. The highest BCUT2D eigenvalue weighted by molar-refractivity contribution is 6.00. The summed E-state index contributed by atoms with van der Waals surface area (Å²) >= 11 is 0. The molecule has 0 radical (unpaired) electrons. The summed E-state index contributed by atoms with van der Waals surface area (Å²) in [6.45, 7) is 7.25. The average Bonchev–Trinajstić information content (AvgIpc) is 3.45. The van der Waals surface area contributed by atoms with Crippen LogP contribution in [0.25, 0.3) is 0 Å². The van der Waals surface area contributed by atoms with Crippen LogP contribution in [0.5, 0.6) is 0 Å². The van der Waals surface area contributed by atoms with Crippen LogP contribution in [0.2, 0.25) is 0 Å². The van der Waals surface area contributed by atoms with Gasteiger partial charge in [0.1, 0.15) is 6.04 Å². The summed E-state index contributed by atoms with van der Waals surface area (Å²) in [5.74, 6) is 0.00950. The monoisotopic (exact) mass is 402 g/mol. The zero-order valence-corrected chi connectivity index (χ0v) is 17.5. The van der Waals surface area contributed by atoms with Crippen LogP contribution in [-0.2, 0) is 9.53 Å². The van der Waals surface area contributed by atoms with Gasteiger partial charge in [-0.15, -0.1) is 0 Å². The third-order valence-electron chi connectivity index (χ3n) is 8.28. The molecule has 1 aromatic rings. The maximum absolute atomic E-state index is 15.6. The molecule has 5 rings (SSSR count). The lowest BCUT2D eigenvalue weighted by Gasteiger charge is -2.43. The number of likely N-dealkylation sites (tertiary alicyclic amines) is 1. The smallest absolute Gasteiger partial charge is 0.233 e. The Bertz CT molecular complexity index is 788. The average molecular weight is 403 g/mol. The van der Waals surface area contributed by atoms with E-state index >= 15 is 4.39 Å². The highest BCUT2D eigenvalue weighted by Crippen LogP contribution is 2.45. The Morgan fingerprint density at radius 2 is 2.07 bits per heavy atom. The fraction of sp³-hybridized carbons (Fsp3) is 0.696. The molecular weight excluding hydrogens is 369 g/mol. The number of carbonyl (C=O) groups excluding carboxylic acids is 1. The highest BCUT2D eigenvalue weighted by atomic mass is 19.1. The van der Waals surface area contributed by atoms with Crippen molar-refractivity contribution in [2.24, 2.45) is 5.41 Å². The van der Waals surface area contributed by atoms with Crippen molar-refractivity contribution >= 4 is 17.3 Å². The van der Waals surface area contributed by atoms with Crippen molar-refractivity contribution in [2.75, 3.05) is 44.3 Å². The lowest BCUT2D eigenvalue weighted by molar-refractivity contribution is -0.130. The van der Waals surface area contributed by atoms with E-state index in [1.54, 1.807) is 6.07 Å². The molecular formula is C23H33FN3O2+. The Hall–Kier alpha value is -1.50. The maximum atomic E-state index is 15.6. The van der Waals surface area contributed by atoms with E-state index in [9.17, 15) is 4.79 Å². The van der Waals surface area contributed by atoms with Gasteiger partial charge in [-0.25, -0.2) is 4.39 Å². The van der Waals surface area contributed by atoms with Crippen molar-refractivity contribution < 1.29 is 13.9 Å². The normalized spacial score (nSPS) is 34.4. The fourth-order valence-electron chi connectivity index (χ4n) is 6.52. The molecule has 4 aliphatic rings. The van der Waals surface area contributed by atoms with Gasteiger partial charge in [0.15, 0.2) is 11.5 Å². The zero-order chi connectivity index (χ0) is 20.1. The fourth-order valence-corrected chi connectivity index (χ4v) is 6.52. The van der Waals surface area contributed by atoms with Crippen molar-refractivity contribution in [1.29, 1.82) is 0 Å². The van der Waals surface area contributed by atoms with Crippen molar-refractivity contribution in [3.05, 3.63) is 24.0 Å². The molecule has 4 heterocycles.